The molecule has 6 nitrogen and oxygen atoms in total. The third-order valence-electron chi connectivity index (χ3n) is 5.96. The summed E-state index contributed by atoms with van der Waals surface area (Å²) in [7, 11) is -3.45. The SMILES string of the molecule is CC(COC1Oc2ccc(O)cc2C=C1c1ccccc1S(C)(=O)=O)N1CC[C@@H](C)C1. The van der Waals surface area contributed by atoms with Gasteiger partial charge in [-0.3, -0.25) is 4.90 Å². The molecule has 1 fully saturated rings. The normalized spacial score (nSPS) is 22.5. The van der Waals surface area contributed by atoms with E-state index < -0.39 is 16.1 Å². The molecule has 1 N–H and O–H groups in total. The summed E-state index contributed by atoms with van der Waals surface area (Å²) in [4.78, 5) is 2.64. The molecule has 2 heterocycles. The lowest BCUT2D eigenvalue weighted by molar-refractivity contribution is -0.0575. The summed E-state index contributed by atoms with van der Waals surface area (Å²) in [5, 5.41) is 9.90. The minimum Gasteiger partial charge on any atom is -0.508 e. The van der Waals surface area contributed by atoms with Crippen LogP contribution in [0.2, 0.25) is 0 Å². The quantitative estimate of drug-likeness (QED) is 0.732. The van der Waals surface area contributed by atoms with E-state index in [9.17, 15) is 13.5 Å². The highest BCUT2D eigenvalue weighted by molar-refractivity contribution is 7.90. The Bertz CT molecular complexity index is 1090. The van der Waals surface area contributed by atoms with Crippen LogP contribution in [-0.4, -0.2) is 56.7 Å². The Morgan fingerprint density at radius 1 is 1.26 bits per heavy atom. The first-order valence-corrected chi connectivity index (χ1v) is 12.5. The van der Waals surface area contributed by atoms with Crippen molar-refractivity contribution in [3.05, 3.63) is 53.6 Å². The van der Waals surface area contributed by atoms with Crippen molar-refractivity contribution in [3.63, 3.8) is 0 Å². The van der Waals surface area contributed by atoms with Crippen LogP contribution >= 0.6 is 0 Å². The van der Waals surface area contributed by atoms with E-state index in [4.69, 9.17) is 9.47 Å². The van der Waals surface area contributed by atoms with E-state index >= 15 is 0 Å². The summed E-state index contributed by atoms with van der Waals surface area (Å²) in [6.07, 6.45) is 3.48. The molecule has 2 aliphatic rings. The molecule has 7 heteroatoms. The zero-order valence-electron chi connectivity index (χ0n) is 18.1. The van der Waals surface area contributed by atoms with Crippen LogP contribution in [0.4, 0.5) is 0 Å². The lowest BCUT2D eigenvalue weighted by Gasteiger charge is -2.31. The molecular formula is C24H29NO5S. The smallest absolute Gasteiger partial charge is 0.227 e. The highest BCUT2D eigenvalue weighted by atomic mass is 32.2. The summed E-state index contributed by atoms with van der Waals surface area (Å²) < 4.78 is 37.2. The van der Waals surface area contributed by atoms with Crippen LogP contribution in [0.15, 0.2) is 47.4 Å². The minimum absolute atomic E-state index is 0.116. The third-order valence-corrected chi connectivity index (χ3v) is 7.11. The van der Waals surface area contributed by atoms with Crippen LogP contribution in [-0.2, 0) is 14.6 Å². The molecule has 0 amide bonds. The van der Waals surface area contributed by atoms with Crippen LogP contribution in [0.3, 0.4) is 0 Å². The molecule has 31 heavy (non-hydrogen) atoms. The second kappa shape index (κ2) is 8.65. The molecule has 0 spiro atoms. The molecule has 2 aromatic carbocycles. The van der Waals surface area contributed by atoms with Gasteiger partial charge < -0.3 is 14.6 Å². The number of ether oxygens (including phenoxy) is 2. The van der Waals surface area contributed by atoms with Gasteiger partial charge in [0.2, 0.25) is 6.29 Å². The fourth-order valence-corrected chi connectivity index (χ4v) is 5.14. The first-order valence-electron chi connectivity index (χ1n) is 10.6. The monoisotopic (exact) mass is 443 g/mol. The highest BCUT2D eigenvalue weighted by Crippen LogP contribution is 2.38. The van der Waals surface area contributed by atoms with E-state index in [0.717, 1.165) is 13.1 Å². The van der Waals surface area contributed by atoms with E-state index in [-0.39, 0.29) is 16.7 Å². The Morgan fingerprint density at radius 3 is 2.74 bits per heavy atom. The second-order valence-electron chi connectivity index (χ2n) is 8.61. The van der Waals surface area contributed by atoms with Gasteiger partial charge in [-0.2, -0.15) is 0 Å². The molecular weight excluding hydrogens is 414 g/mol. The number of phenolic OH excluding ortho intramolecular Hbond substituents is 1. The van der Waals surface area contributed by atoms with Crippen LogP contribution in [0.1, 0.15) is 31.4 Å². The average molecular weight is 444 g/mol. The number of nitrogens with zero attached hydrogens (tertiary/aromatic N) is 1. The number of aromatic hydroxyl groups is 1. The van der Waals surface area contributed by atoms with Crippen molar-refractivity contribution in [2.75, 3.05) is 26.0 Å². The van der Waals surface area contributed by atoms with Gasteiger partial charge in [-0.25, -0.2) is 8.42 Å². The molecule has 2 aromatic rings. The molecule has 0 bridgehead atoms. The Labute approximate surface area is 184 Å². The Balaban J connectivity index is 1.67. The van der Waals surface area contributed by atoms with Crippen molar-refractivity contribution in [1.29, 1.82) is 0 Å². The van der Waals surface area contributed by atoms with Crippen molar-refractivity contribution in [2.45, 2.75) is 37.5 Å². The van der Waals surface area contributed by atoms with Gasteiger partial charge in [0.15, 0.2) is 9.84 Å². The number of phenols is 1. The van der Waals surface area contributed by atoms with E-state index in [1.54, 1.807) is 42.5 Å². The van der Waals surface area contributed by atoms with Crippen molar-refractivity contribution >= 4 is 21.5 Å². The maximum absolute atomic E-state index is 12.4. The van der Waals surface area contributed by atoms with E-state index in [0.29, 0.717) is 35.0 Å². The Hall–Kier alpha value is -2.35. The van der Waals surface area contributed by atoms with Crippen LogP contribution in [0.25, 0.3) is 11.6 Å². The van der Waals surface area contributed by atoms with Crippen molar-refractivity contribution in [1.82, 2.24) is 4.90 Å². The maximum Gasteiger partial charge on any atom is 0.227 e. The van der Waals surface area contributed by atoms with Gasteiger partial charge in [-0.15, -0.1) is 0 Å². The third kappa shape index (κ3) is 4.79. The van der Waals surface area contributed by atoms with Crippen molar-refractivity contribution in [2.24, 2.45) is 5.92 Å². The van der Waals surface area contributed by atoms with Gasteiger partial charge in [0.1, 0.15) is 11.5 Å². The zero-order valence-corrected chi connectivity index (χ0v) is 18.9. The van der Waals surface area contributed by atoms with Gasteiger partial charge >= 0.3 is 0 Å². The number of hydrogen-bond donors (Lipinski definition) is 1. The van der Waals surface area contributed by atoms with Crippen molar-refractivity contribution < 1.29 is 23.0 Å². The number of rotatable bonds is 6. The van der Waals surface area contributed by atoms with Gasteiger partial charge in [-0.1, -0.05) is 25.1 Å². The largest absolute Gasteiger partial charge is 0.508 e. The van der Waals surface area contributed by atoms with E-state index in [1.165, 1.54) is 12.7 Å². The lowest BCUT2D eigenvalue weighted by Crippen LogP contribution is -2.37. The summed E-state index contributed by atoms with van der Waals surface area (Å²) in [6, 6.07) is 11.9. The molecule has 0 aliphatic carbocycles. The summed E-state index contributed by atoms with van der Waals surface area (Å²) in [5.41, 5.74) is 1.85. The number of likely N-dealkylation sites (tertiary alicyclic amines) is 1. The fourth-order valence-electron chi connectivity index (χ4n) is 4.23. The Kier molecular flexibility index (Phi) is 6.10. The first kappa shape index (κ1) is 21.9. The molecule has 4 rings (SSSR count). The average Bonchev–Trinajstić information content (AvgIpc) is 3.17. The Morgan fingerprint density at radius 2 is 2.03 bits per heavy atom. The van der Waals surface area contributed by atoms with Crippen LogP contribution < -0.4 is 4.74 Å². The van der Waals surface area contributed by atoms with E-state index in [2.05, 4.69) is 18.7 Å². The molecule has 1 saturated heterocycles. The number of hydrogen-bond acceptors (Lipinski definition) is 6. The van der Waals surface area contributed by atoms with Crippen LogP contribution in [0, 0.1) is 5.92 Å². The maximum atomic E-state index is 12.4. The highest BCUT2D eigenvalue weighted by Gasteiger charge is 2.30. The predicted molar refractivity (Wildman–Crippen MR) is 121 cm³/mol. The molecule has 0 radical (unpaired) electrons. The number of fused-ring (bicyclic) bond motifs is 1. The van der Waals surface area contributed by atoms with E-state index in [1.807, 2.05) is 6.08 Å². The molecule has 0 saturated carbocycles. The fraction of sp³-hybridized carbons (Fsp3) is 0.417. The second-order valence-corrected chi connectivity index (χ2v) is 10.6. The first-order chi connectivity index (χ1) is 14.7. The van der Waals surface area contributed by atoms with Gasteiger partial charge in [-0.05, 0) is 56.1 Å². The zero-order chi connectivity index (χ0) is 22.2. The molecule has 166 valence electrons. The summed E-state index contributed by atoms with van der Waals surface area (Å²) in [5.74, 6) is 1.39. The topological polar surface area (TPSA) is 76.1 Å². The standard InChI is InChI=1S/C24H29NO5S/c1-16-10-11-25(14-16)17(2)15-29-24-21(13-18-12-19(26)8-9-22(18)30-24)20-6-4-5-7-23(20)31(3,27)28/h4-9,12-13,16-17,24,26H,10-11,14-15H2,1-3H3/t16-,17?,24?/m1/s1. The molecule has 3 atom stereocenters. The molecule has 2 aliphatic heterocycles. The summed E-state index contributed by atoms with van der Waals surface area (Å²) >= 11 is 0. The van der Waals surface area contributed by atoms with Crippen LogP contribution in [0.5, 0.6) is 11.5 Å². The molecule has 2 unspecified atom stereocenters. The molecule has 0 aromatic heterocycles. The number of benzene rings is 2. The van der Waals surface area contributed by atoms with Crippen molar-refractivity contribution in [3.8, 4) is 11.5 Å². The number of sulfone groups is 1. The van der Waals surface area contributed by atoms with Gasteiger partial charge in [0.05, 0.1) is 11.5 Å². The summed E-state index contributed by atoms with van der Waals surface area (Å²) in [6.45, 7) is 6.97. The van der Waals surface area contributed by atoms with Gasteiger partial charge in [0, 0.05) is 35.5 Å². The van der Waals surface area contributed by atoms with Gasteiger partial charge in [0.25, 0.3) is 0 Å². The predicted octanol–water partition coefficient (Wildman–Crippen LogP) is 3.80. The minimum atomic E-state index is -3.45. The lowest BCUT2D eigenvalue weighted by atomic mass is 9.99.